The van der Waals surface area contributed by atoms with Gasteiger partial charge in [-0.1, -0.05) is 30.3 Å². The zero-order valence-corrected chi connectivity index (χ0v) is 12.6. The number of fused-ring (bicyclic) bond motifs is 1. The lowest BCUT2D eigenvalue weighted by Crippen LogP contribution is -2.28. The molecule has 0 saturated carbocycles. The van der Waals surface area contributed by atoms with E-state index in [1.165, 1.54) is 7.11 Å². The van der Waals surface area contributed by atoms with E-state index in [0.29, 0.717) is 6.42 Å². The van der Waals surface area contributed by atoms with Crippen molar-refractivity contribution in [2.45, 2.75) is 17.4 Å². The number of hydrogen-bond donors (Lipinski definition) is 2. The minimum absolute atomic E-state index is 0.166. The zero-order valence-electron chi connectivity index (χ0n) is 11.8. The predicted octanol–water partition coefficient (Wildman–Crippen LogP) is 1.52. The van der Waals surface area contributed by atoms with Crippen molar-refractivity contribution < 1.29 is 18.3 Å². The molecular formula is C15H19NO4S. The van der Waals surface area contributed by atoms with Crippen molar-refractivity contribution in [1.82, 2.24) is 4.72 Å². The fraction of sp³-hybridized carbons (Fsp3) is 0.333. The van der Waals surface area contributed by atoms with Crippen molar-refractivity contribution in [3.63, 3.8) is 0 Å². The number of aliphatic hydroxyl groups is 1. The second kappa shape index (κ2) is 7.00. The molecule has 0 aliphatic rings. The summed E-state index contributed by atoms with van der Waals surface area (Å²) >= 11 is 0. The van der Waals surface area contributed by atoms with E-state index in [-0.39, 0.29) is 18.0 Å². The summed E-state index contributed by atoms with van der Waals surface area (Å²) in [6.45, 7) is 0.359. The van der Waals surface area contributed by atoms with Crippen LogP contribution in [0.2, 0.25) is 0 Å². The van der Waals surface area contributed by atoms with E-state index in [1.807, 2.05) is 24.3 Å². The second-order valence-electron chi connectivity index (χ2n) is 4.80. The average molecular weight is 309 g/mol. The normalized spacial score (nSPS) is 13.4. The van der Waals surface area contributed by atoms with E-state index >= 15 is 0 Å². The van der Waals surface area contributed by atoms with Gasteiger partial charge in [0, 0.05) is 13.7 Å². The Balaban J connectivity index is 2.07. The molecule has 0 aliphatic carbocycles. The average Bonchev–Trinajstić information content (AvgIpc) is 2.47. The molecule has 21 heavy (non-hydrogen) atoms. The van der Waals surface area contributed by atoms with Gasteiger partial charge in [0.25, 0.3) is 0 Å². The van der Waals surface area contributed by atoms with Gasteiger partial charge in [0.1, 0.15) is 0 Å². The maximum atomic E-state index is 12.2. The van der Waals surface area contributed by atoms with Gasteiger partial charge in [-0.05, 0) is 29.3 Å². The Hall–Kier alpha value is -1.47. The largest absolute Gasteiger partial charge is 0.391 e. The van der Waals surface area contributed by atoms with Gasteiger partial charge in [-0.3, -0.25) is 0 Å². The van der Waals surface area contributed by atoms with Crippen LogP contribution in [0.15, 0.2) is 47.4 Å². The Morgan fingerprint density at radius 3 is 2.62 bits per heavy atom. The highest BCUT2D eigenvalue weighted by Crippen LogP contribution is 2.18. The molecule has 0 fully saturated rings. The van der Waals surface area contributed by atoms with Crippen LogP contribution in [0.1, 0.15) is 6.42 Å². The van der Waals surface area contributed by atoms with Crippen LogP contribution in [0, 0.1) is 0 Å². The summed E-state index contributed by atoms with van der Waals surface area (Å²) < 4.78 is 31.7. The van der Waals surface area contributed by atoms with Gasteiger partial charge in [-0.2, -0.15) is 0 Å². The summed E-state index contributed by atoms with van der Waals surface area (Å²) in [6, 6.07) is 12.6. The van der Waals surface area contributed by atoms with Gasteiger partial charge in [0.05, 0.1) is 17.6 Å². The van der Waals surface area contributed by atoms with Crippen molar-refractivity contribution in [2.75, 3.05) is 20.3 Å². The fourth-order valence-corrected chi connectivity index (χ4v) is 3.14. The molecule has 5 nitrogen and oxygen atoms in total. The molecule has 0 saturated heterocycles. The van der Waals surface area contributed by atoms with Crippen molar-refractivity contribution in [3.8, 4) is 0 Å². The summed E-state index contributed by atoms with van der Waals surface area (Å²) in [4.78, 5) is 0.224. The highest BCUT2D eigenvalue weighted by Gasteiger charge is 2.14. The van der Waals surface area contributed by atoms with Crippen LogP contribution in [-0.2, 0) is 14.8 Å². The second-order valence-corrected chi connectivity index (χ2v) is 6.57. The first-order valence-corrected chi connectivity index (χ1v) is 8.17. The lowest BCUT2D eigenvalue weighted by atomic mass is 10.1. The summed E-state index contributed by atoms with van der Waals surface area (Å²) in [5, 5.41) is 11.4. The maximum Gasteiger partial charge on any atom is 0.240 e. The first-order chi connectivity index (χ1) is 10.0. The lowest BCUT2D eigenvalue weighted by molar-refractivity contribution is 0.0603. The smallest absolute Gasteiger partial charge is 0.240 e. The number of nitrogens with one attached hydrogen (secondary N) is 1. The Labute approximate surface area is 124 Å². The van der Waals surface area contributed by atoms with Crippen LogP contribution < -0.4 is 4.72 Å². The molecule has 114 valence electrons. The van der Waals surface area contributed by atoms with Crippen LogP contribution >= 0.6 is 0 Å². The molecule has 0 heterocycles. The third-order valence-corrected chi connectivity index (χ3v) is 4.62. The molecule has 2 N–H and O–H groups in total. The van der Waals surface area contributed by atoms with Gasteiger partial charge < -0.3 is 9.84 Å². The molecule has 0 bridgehead atoms. The molecule has 0 radical (unpaired) electrons. The summed E-state index contributed by atoms with van der Waals surface area (Å²) in [5.74, 6) is 0. The summed E-state index contributed by atoms with van der Waals surface area (Å²) in [7, 11) is -2.08. The number of hydrogen-bond acceptors (Lipinski definition) is 4. The number of methoxy groups -OCH3 is 1. The summed E-state index contributed by atoms with van der Waals surface area (Å²) in [5.41, 5.74) is 0. The third kappa shape index (κ3) is 4.25. The lowest BCUT2D eigenvalue weighted by Gasteiger charge is -2.11. The van der Waals surface area contributed by atoms with E-state index < -0.39 is 16.1 Å². The van der Waals surface area contributed by atoms with Gasteiger partial charge in [0.15, 0.2) is 0 Å². The predicted molar refractivity (Wildman–Crippen MR) is 81.6 cm³/mol. The van der Waals surface area contributed by atoms with Crippen LogP contribution in [0.3, 0.4) is 0 Å². The molecule has 2 rings (SSSR count). The Bertz CT molecular complexity index is 700. The molecule has 0 spiro atoms. The molecule has 2 aromatic carbocycles. The molecule has 6 heteroatoms. The molecule has 2 aromatic rings. The highest BCUT2D eigenvalue weighted by atomic mass is 32.2. The van der Waals surface area contributed by atoms with E-state index in [9.17, 15) is 13.5 Å². The Kier molecular flexibility index (Phi) is 5.30. The maximum absolute atomic E-state index is 12.2. The first kappa shape index (κ1) is 15.9. The number of benzene rings is 2. The van der Waals surface area contributed by atoms with Crippen molar-refractivity contribution in [2.24, 2.45) is 0 Å². The van der Waals surface area contributed by atoms with Crippen molar-refractivity contribution in [3.05, 3.63) is 42.5 Å². The van der Waals surface area contributed by atoms with Crippen LogP contribution in [-0.4, -0.2) is 39.9 Å². The molecule has 1 atom stereocenters. The van der Waals surface area contributed by atoms with Gasteiger partial charge in [-0.25, -0.2) is 13.1 Å². The number of aliphatic hydroxyl groups excluding tert-OH is 1. The van der Waals surface area contributed by atoms with Crippen molar-refractivity contribution in [1.29, 1.82) is 0 Å². The minimum Gasteiger partial charge on any atom is -0.391 e. The number of rotatable bonds is 7. The Morgan fingerprint density at radius 1 is 1.19 bits per heavy atom. The van der Waals surface area contributed by atoms with E-state index in [1.54, 1.807) is 18.2 Å². The minimum atomic E-state index is -3.56. The zero-order chi connectivity index (χ0) is 15.3. The van der Waals surface area contributed by atoms with E-state index in [2.05, 4.69) is 4.72 Å². The quantitative estimate of drug-likeness (QED) is 0.813. The number of ether oxygens (including phenoxy) is 1. The monoisotopic (exact) mass is 309 g/mol. The fourth-order valence-electron chi connectivity index (χ4n) is 2.05. The third-order valence-electron chi connectivity index (χ3n) is 3.16. The van der Waals surface area contributed by atoms with E-state index in [0.717, 1.165) is 10.8 Å². The van der Waals surface area contributed by atoms with Crippen LogP contribution in [0.25, 0.3) is 10.8 Å². The Morgan fingerprint density at radius 2 is 1.90 bits per heavy atom. The molecule has 0 aromatic heterocycles. The molecule has 0 amide bonds. The molecule has 1 unspecified atom stereocenters. The van der Waals surface area contributed by atoms with E-state index in [4.69, 9.17) is 4.74 Å². The SMILES string of the molecule is COCC(O)CCNS(=O)(=O)c1ccc2ccccc2c1. The van der Waals surface area contributed by atoms with Crippen molar-refractivity contribution >= 4 is 20.8 Å². The number of sulfonamides is 1. The van der Waals surface area contributed by atoms with Crippen LogP contribution in [0.5, 0.6) is 0 Å². The van der Waals surface area contributed by atoms with Gasteiger partial charge in [-0.15, -0.1) is 0 Å². The van der Waals surface area contributed by atoms with Gasteiger partial charge >= 0.3 is 0 Å². The topological polar surface area (TPSA) is 75.6 Å². The van der Waals surface area contributed by atoms with Gasteiger partial charge in [0.2, 0.25) is 10.0 Å². The summed E-state index contributed by atoms with van der Waals surface area (Å²) in [6.07, 6.45) is -0.366. The molecule has 0 aliphatic heterocycles. The highest BCUT2D eigenvalue weighted by molar-refractivity contribution is 7.89. The first-order valence-electron chi connectivity index (χ1n) is 6.68. The standard InChI is InChI=1S/C15H19NO4S/c1-20-11-14(17)8-9-16-21(18,19)15-7-6-12-4-2-3-5-13(12)10-15/h2-7,10,14,16-17H,8-9,11H2,1H3. The van der Waals surface area contributed by atoms with Crippen LogP contribution in [0.4, 0.5) is 0 Å². The molecular weight excluding hydrogens is 290 g/mol.